The lowest BCUT2D eigenvalue weighted by Gasteiger charge is -2.05. The molecule has 0 amide bonds. The van der Waals surface area contributed by atoms with E-state index in [0.717, 1.165) is 33.9 Å². The van der Waals surface area contributed by atoms with Crippen LogP contribution in [0.15, 0.2) is 59.5 Å². The van der Waals surface area contributed by atoms with Crippen molar-refractivity contribution in [3.63, 3.8) is 0 Å². The highest BCUT2D eigenvalue weighted by molar-refractivity contribution is 5.84. The van der Waals surface area contributed by atoms with Gasteiger partial charge in [-0.1, -0.05) is 6.07 Å². The van der Waals surface area contributed by atoms with Gasteiger partial charge in [0.1, 0.15) is 17.7 Å². The first-order valence-electron chi connectivity index (χ1n) is 9.02. The summed E-state index contributed by atoms with van der Waals surface area (Å²) in [6.45, 7) is 1.77. The molecule has 5 heterocycles. The summed E-state index contributed by atoms with van der Waals surface area (Å²) in [4.78, 5) is 18.0. The van der Waals surface area contributed by atoms with Gasteiger partial charge in [-0.05, 0) is 37.3 Å². The highest BCUT2D eigenvalue weighted by Gasteiger charge is 2.15. The van der Waals surface area contributed by atoms with E-state index in [2.05, 4.69) is 25.1 Å². The second kappa shape index (κ2) is 6.92. The molecule has 142 valence electrons. The predicted octanol–water partition coefficient (Wildman–Crippen LogP) is 3.54. The summed E-state index contributed by atoms with van der Waals surface area (Å²) < 4.78 is 5.42. The summed E-state index contributed by atoms with van der Waals surface area (Å²) in [7, 11) is 0. The molecule has 0 saturated carbocycles. The zero-order valence-electron chi connectivity index (χ0n) is 15.5. The fraction of sp³-hybridized carbons (Fsp3) is 0.0952. The fourth-order valence-electron chi connectivity index (χ4n) is 3.14. The second-order valence-electron chi connectivity index (χ2n) is 6.57. The molecule has 0 aliphatic carbocycles. The number of hydrogen-bond acceptors (Lipinski definition) is 7. The lowest BCUT2D eigenvalue weighted by molar-refractivity contribution is 0.276. The fourth-order valence-corrected chi connectivity index (χ4v) is 3.14. The first-order chi connectivity index (χ1) is 14.2. The van der Waals surface area contributed by atoms with Gasteiger partial charge in [0.15, 0.2) is 0 Å². The molecule has 8 nitrogen and oxygen atoms in total. The highest BCUT2D eigenvalue weighted by atomic mass is 16.3. The van der Waals surface area contributed by atoms with E-state index in [0.29, 0.717) is 22.7 Å². The minimum atomic E-state index is -0.177. The van der Waals surface area contributed by atoms with E-state index in [4.69, 9.17) is 9.40 Å². The Morgan fingerprint density at radius 3 is 2.79 bits per heavy atom. The molecule has 0 aliphatic rings. The van der Waals surface area contributed by atoms with E-state index in [1.165, 1.54) is 6.26 Å². The van der Waals surface area contributed by atoms with E-state index < -0.39 is 0 Å². The molecule has 0 aromatic carbocycles. The Morgan fingerprint density at radius 2 is 1.97 bits per heavy atom. The molecule has 0 spiro atoms. The van der Waals surface area contributed by atoms with Crippen LogP contribution < -0.4 is 0 Å². The van der Waals surface area contributed by atoms with Gasteiger partial charge in [-0.15, -0.1) is 0 Å². The molecule has 8 heteroatoms. The molecular formula is C21H16N6O2. The summed E-state index contributed by atoms with van der Waals surface area (Å²) in [5.41, 5.74) is 6.67. The van der Waals surface area contributed by atoms with Gasteiger partial charge in [0.25, 0.3) is 0 Å². The van der Waals surface area contributed by atoms with Crippen LogP contribution in [0.25, 0.3) is 45.1 Å². The van der Waals surface area contributed by atoms with Gasteiger partial charge in [0, 0.05) is 23.7 Å². The SMILES string of the molecule is Cc1cccc(-c2n[nH]cc2-c2ccc3ncc(-c4nc(CO)co4)cc3n2)n1. The van der Waals surface area contributed by atoms with Gasteiger partial charge < -0.3 is 9.52 Å². The summed E-state index contributed by atoms with van der Waals surface area (Å²) in [6.07, 6.45) is 4.92. The number of pyridine rings is 3. The molecule has 0 fully saturated rings. The van der Waals surface area contributed by atoms with Crippen molar-refractivity contribution in [3.8, 4) is 34.1 Å². The Hall–Kier alpha value is -3.91. The standard InChI is InChI=1S/C21H16N6O2/c1-12-3-2-4-18(24-12)20-15(9-23-27-20)16-5-6-17-19(26-16)7-13(8-22-17)21-25-14(10-28)11-29-21/h2-9,11,28H,10H2,1H3,(H,23,27). The van der Waals surface area contributed by atoms with Crippen molar-refractivity contribution in [3.05, 3.63) is 66.4 Å². The number of aliphatic hydroxyl groups is 1. The van der Waals surface area contributed by atoms with Crippen LogP contribution in [0.4, 0.5) is 0 Å². The number of nitrogens with one attached hydrogen (secondary N) is 1. The Bertz CT molecular complexity index is 1320. The molecule has 5 rings (SSSR count). The summed E-state index contributed by atoms with van der Waals surface area (Å²) in [6, 6.07) is 11.5. The van der Waals surface area contributed by atoms with Gasteiger partial charge in [-0.2, -0.15) is 5.10 Å². The molecule has 0 unspecified atom stereocenters. The number of aromatic amines is 1. The van der Waals surface area contributed by atoms with Crippen LogP contribution in [-0.4, -0.2) is 35.2 Å². The van der Waals surface area contributed by atoms with Crippen LogP contribution in [0, 0.1) is 6.92 Å². The first kappa shape index (κ1) is 17.2. The van der Waals surface area contributed by atoms with Crippen molar-refractivity contribution in [1.82, 2.24) is 30.1 Å². The number of aryl methyl sites for hydroxylation is 1. The van der Waals surface area contributed by atoms with Gasteiger partial charge in [0.05, 0.1) is 34.6 Å². The number of aliphatic hydroxyl groups excluding tert-OH is 1. The second-order valence-corrected chi connectivity index (χ2v) is 6.57. The van der Waals surface area contributed by atoms with E-state index in [1.807, 2.05) is 49.5 Å². The predicted molar refractivity (Wildman–Crippen MR) is 107 cm³/mol. The van der Waals surface area contributed by atoms with Crippen LogP contribution in [0.2, 0.25) is 0 Å². The normalized spacial score (nSPS) is 11.2. The van der Waals surface area contributed by atoms with Crippen molar-refractivity contribution < 1.29 is 9.52 Å². The lowest BCUT2D eigenvalue weighted by Crippen LogP contribution is -1.92. The maximum Gasteiger partial charge on any atom is 0.227 e. The number of aromatic nitrogens is 6. The smallest absolute Gasteiger partial charge is 0.227 e. The van der Waals surface area contributed by atoms with Crippen molar-refractivity contribution >= 4 is 11.0 Å². The Balaban J connectivity index is 1.59. The Morgan fingerprint density at radius 1 is 1.03 bits per heavy atom. The topological polar surface area (TPSA) is 114 Å². The van der Waals surface area contributed by atoms with Gasteiger partial charge >= 0.3 is 0 Å². The van der Waals surface area contributed by atoms with Crippen LogP contribution in [0.3, 0.4) is 0 Å². The highest BCUT2D eigenvalue weighted by Crippen LogP contribution is 2.30. The third kappa shape index (κ3) is 3.15. The van der Waals surface area contributed by atoms with E-state index in [9.17, 15) is 5.11 Å². The summed E-state index contributed by atoms with van der Waals surface area (Å²) >= 11 is 0. The van der Waals surface area contributed by atoms with Crippen LogP contribution in [-0.2, 0) is 6.61 Å². The Kier molecular flexibility index (Phi) is 4.10. The van der Waals surface area contributed by atoms with Gasteiger partial charge in [-0.3, -0.25) is 15.1 Å². The number of hydrogen-bond donors (Lipinski definition) is 2. The Labute approximate surface area is 165 Å². The van der Waals surface area contributed by atoms with Gasteiger partial charge in [-0.25, -0.2) is 9.97 Å². The average molecular weight is 384 g/mol. The molecule has 29 heavy (non-hydrogen) atoms. The molecule has 5 aromatic rings. The number of H-pyrrole nitrogens is 1. The lowest BCUT2D eigenvalue weighted by atomic mass is 10.1. The van der Waals surface area contributed by atoms with Crippen LogP contribution in [0.1, 0.15) is 11.4 Å². The molecule has 0 bridgehead atoms. The van der Waals surface area contributed by atoms with E-state index in [1.54, 1.807) is 6.20 Å². The molecular weight excluding hydrogens is 368 g/mol. The minimum absolute atomic E-state index is 0.177. The third-order valence-corrected chi connectivity index (χ3v) is 4.55. The monoisotopic (exact) mass is 384 g/mol. The molecule has 5 aromatic heterocycles. The molecule has 0 radical (unpaired) electrons. The molecule has 2 N–H and O–H groups in total. The zero-order chi connectivity index (χ0) is 19.8. The van der Waals surface area contributed by atoms with Crippen molar-refractivity contribution in [2.45, 2.75) is 13.5 Å². The minimum Gasteiger partial charge on any atom is -0.444 e. The quantitative estimate of drug-likeness (QED) is 0.487. The third-order valence-electron chi connectivity index (χ3n) is 4.55. The summed E-state index contributed by atoms with van der Waals surface area (Å²) in [5, 5.41) is 16.5. The number of fused-ring (bicyclic) bond motifs is 1. The number of nitrogens with zero attached hydrogens (tertiary/aromatic N) is 5. The van der Waals surface area contributed by atoms with E-state index >= 15 is 0 Å². The summed E-state index contributed by atoms with van der Waals surface area (Å²) in [5.74, 6) is 0.392. The maximum atomic E-state index is 9.18. The largest absolute Gasteiger partial charge is 0.444 e. The molecule has 0 aliphatic heterocycles. The van der Waals surface area contributed by atoms with Gasteiger partial charge in [0.2, 0.25) is 5.89 Å². The number of rotatable bonds is 4. The first-order valence-corrected chi connectivity index (χ1v) is 9.02. The molecule has 0 saturated heterocycles. The maximum absolute atomic E-state index is 9.18. The zero-order valence-corrected chi connectivity index (χ0v) is 15.5. The van der Waals surface area contributed by atoms with Crippen LogP contribution >= 0.6 is 0 Å². The molecule has 0 atom stereocenters. The van der Waals surface area contributed by atoms with Crippen molar-refractivity contribution in [2.24, 2.45) is 0 Å². The average Bonchev–Trinajstić information content (AvgIpc) is 3.42. The van der Waals surface area contributed by atoms with Crippen molar-refractivity contribution in [1.29, 1.82) is 0 Å². The van der Waals surface area contributed by atoms with E-state index in [-0.39, 0.29) is 6.61 Å². The van der Waals surface area contributed by atoms with Crippen molar-refractivity contribution in [2.75, 3.05) is 0 Å². The van der Waals surface area contributed by atoms with Crippen LogP contribution in [0.5, 0.6) is 0 Å². The number of oxazole rings is 1.